The van der Waals surface area contributed by atoms with Crippen LogP contribution in [0.5, 0.6) is 11.8 Å². The van der Waals surface area contributed by atoms with Crippen LogP contribution >= 0.6 is 0 Å². The van der Waals surface area contributed by atoms with Crippen LogP contribution in [0.2, 0.25) is 0 Å². The number of halogens is 1. The summed E-state index contributed by atoms with van der Waals surface area (Å²) < 4.78 is 31.5. The van der Waals surface area contributed by atoms with Crippen molar-refractivity contribution in [3.63, 3.8) is 0 Å². The molecule has 3 fully saturated rings. The fourth-order valence-electron chi connectivity index (χ4n) is 6.55. The quantitative estimate of drug-likeness (QED) is 0.190. The van der Waals surface area contributed by atoms with E-state index in [0.29, 0.717) is 51.8 Å². The number of piperidine rings is 1. The normalized spacial score (nSPS) is 21.2. The molecule has 16 heteroatoms. The molecule has 1 aliphatic carbocycles. The summed E-state index contributed by atoms with van der Waals surface area (Å²) in [6.45, 7) is 5.03. The van der Waals surface area contributed by atoms with Crippen molar-refractivity contribution < 1.29 is 28.2 Å². The van der Waals surface area contributed by atoms with Gasteiger partial charge in [0.05, 0.1) is 35.5 Å². The van der Waals surface area contributed by atoms with Gasteiger partial charge in [0.25, 0.3) is 0 Å². The number of piperazine rings is 1. The number of hydrogen-bond acceptors (Lipinski definition) is 13. The van der Waals surface area contributed by atoms with Crippen LogP contribution in [0.3, 0.4) is 0 Å². The second kappa shape index (κ2) is 12.3. The van der Waals surface area contributed by atoms with Gasteiger partial charge >= 0.3 is 18.1 Å². The summed E-state index contributed by atoms with van der Waals surface area (Å²) in [7, 11) is 1.45. The van der Waals surface area contributed by atoms with E-state index in [0.717, 1.165) is 43.9 Å². The van der Waals surface area contributed by atoms with E-state index in [9.17, 15) is 9.59 Å². The number of nitrogens with one attached hydrogen (secondary N) is 2. The van der Waals surface area contributed by atoms with Crippen LogP contribution < -0.4 is 25.6 Å². The van der Waals surface area contributed by atoms with E-state index in [-0.39, 0.29) is 30.3 Å². The summed E-state index contributed by atoms with van der Waals surface area (Å²) >= 11 is 0. The van der Waals surface area contributed by atoms with E-state index in [1.165, 1.54) is 31.6 Å². The number of aromatic amines is 1. The Hall–Kier alpha value is -4.67. The van der Waals surface area contributed by atoms with Crippen molar-refractivity contribution in [3.05, 3.63) is 36.2 Å². The molecule has 3 aliphatic rings. The third-order valence-corrected chi connectivity index (χ3v) is 8.90. The summed E-state index contributed by atoms with van der Waals surface area (Å²) in [5, 5.41) is 4.29. The van der Waals surface area contributed by atoms with Crippen LogP contribution in [0.1, 0.15) is 18.7 Å². The molecule has 2 saturated heterocycles. The lowest BCUT2D eigenvalue weighted by atomic mass is 10.0. The maximum Gasteiger partial charge on any atom is 0.416 e. The highest BCUT2D eigenvalue weighted by Gasteiger charge is 2.44. The molecule has 2 aliphatic heterocycles. The number of aromatic nitrogens is 5. The van der Waals surface area contributed by atoms with E-state index >= 15 is 4.39 Å². The van der Waals surface area contributed by atoms with Crippen molar-refractivity contribution >= 4 is 45.5 Å². The summed E-state index contributed by atoms with van der Waals surface area (Å²) in [5.74, 6) is 0.776. The van der Waals surface area contributed by atoms with Gasteiger partial charge < -0.3 is 35.1 Å². The summed E-state index contributed by atoms with van der Waals surface area (Å²) in [6.07, 6.45) is 3.99. The largest absolute Gasteiger partial charge is 0.427 e. The lowest BCUT2D eigenvalue weighted by Crippen LogP contribution is -2.45. The molecular formula is C30H35FN10O5. The number of rotatable bonds is 8. The second-order valence-corrected chi connectivity index (χ2v) is 11.9. The molecule has 3 aromatic heterocycles. The summed E-state index contributed by atoms with van der Waals surface area (Å²) in [5.41, 5.74) is 7.39. The number of esters is 1. The average molecular weight is 635 g/mol. The number of carbonyl (C=O) groups is 2. The number of aryl methyl sites for hydroxylation is 1. The molecule has 1 saturated carbocycles. The predicted molar refractivity (Wildman–Crippen MR) is 165 cm³/mol. The molecule has 4 N–H and O–H groups in total. The van der Waals surface area contributed by atoms with Crippen molar-refractivity contribution in [1.29, 1.82) is 0 Å². The van der Waals surface area contributed by atoms with E-state index < -0.39 is 24.7 Å². The van der Waals surface area contributed by atoms with Gasteiger partial charge in [0.15, 0.2) is 5.75 Å². The van der Waals surface area contributed by atoms with Crippen molar-refractivity contribution in [2.75, 3.05) is 62.9 Å². The van der Waals surface area contributed by atoms with Gasteiger partial charge in [0, 0.05) is 57.2 Å². The van der Waals surface area contributed by atoms with E-state index in [1.54, 1.807) is 6.92 Å². The Kier molecular flexibility index (Phi) is 8.00. The first-order chi connectivity index (χ1) is 22.2. The van der Waals surface area contributed by atoms with Crippen LogP contribution in [-0.4, -0.2) is 107 Å². The molecule has 1 aromatic carbocycles. The zero-order valence-electron chi connectivity index (χ0n) is 25.5. The molecule has 46 heavy (non-hydrogen) atoms. The summed E-state index contributed by atoms with van der Waals surface area (Å²) in [4.78, 5) is 51.6. The Labute approximate surface area is 263 Å². The first-order valence-electron chi connectivity index (χ1n) is 15.2. The molecule has 1 amide bonds. The van der Waals surface area contributed by atoms with Gasteiger partial charge in [0.1, 0.15) is 23.1 Å². The lowest BCUT2D eigenvalue weighted by Gasteiger charge is -2.31. The van der Waals surface area contributed by atoms with Crippen molar-refractivity contribution in [3.8, 4) is 11.8 Å². The Morgan fingerprint density at radius 3 is 2.63 bits per heavy atom. The highest BCUT2D eigenvalue weighted by molar-refractivity contribution is 6.16. The van der Waals surface area contributed by atoms with Gasteiger partial charge in [-0.1, -0.05) is 0 Å². The molecule has 3 atom stereocenters. The highest BCUT2D eigenvalue weighted by atomic mass is 19.1. The fourth-order valence-corrected chi connectivity index (χ4v) is 6.55. The second-order valence-electron chi connectivity index (χ2n) is 11.9. The molecule has 0 spiro atoms. The van der Waals surface area contributed by atoms with E-state index in [4.69, 9.17) is 24.9 Å². The molecule has 0 radical (unpaired) electrons. The van der Waals surface area contributed by atoms with Crippen LogP contribution in [0.4, 0.5) is 20.7 Å². The first-order valence-corrected chi connectivity index (χ1v) is 15.2. The number of anilines is 2. The van der Waals surface area contributed by atoms with Crippen molar-refractivity contribution in [2.45, 2.75) is 31.8 Å². The Bertz CT molecular complexity index is 1780. The zero-order chi connectivity index (χ0) is 31.9. The number of hydrogen-bond donors (Lipinski definition) is 3. The van der Waals surface area contributed by atoms with Crippen molar-refractivity contribution in [2.24, 2.45) is 11.7 Å². The average Bonchev–Trinajstić information content (AvgIpc) is 3.73. The van der Waals surface area contributed by atoms with Gasteiger partial charge in [-0.2, -0.15) is 9.97 Å². The number of fused-ring (bicyclic) bond motifs is 5. The first kappa shape index (κ1) is 30.0. The smallest absolute Gasteiger partial charge is 0.416 e. The molecule has 242 valence electrons. The van der Waals surface area contributed by atoms with Crippen LogP contribution in [0.15, 0.2) is 24.5 Å². The standard InChI is InChI=1S/C30H35FN10O5/c1-16-34-11-20(12-35-16)46-29-37-27-25(28(38-29)41-13-17-7-19(41)10-22(17)32)21-8-18(31)9-23(26(21)36-27)39(2)30(43)45-15-44-24(42)14-40-5-3-33-4-6-40/h8-9,11-12,17,19,22,33H,3-7,10,13-15,32H2,1-2H3,(H,36,37,38)/t17-,19-,22-/m1/s1. The minimum absolute atomic E-state index is 0.0611. The molecule has 0 unspecified atom stereocenters. The molecule has 15 nitrogen and oxygen atoms in total. The number of nitrogens with zero attached hydrogens (tertiary/aromatic N) is 7. The monoisotopic (exact) mass is 634 g/mol. The number of amides is 1. The van der Waals surface area contributed by atoms with Crippen LogP contribution in [-0.2, 0) is 14.3 Å². The van der Waals surface area contributed by atoms with E-state index in [2.05, 4.69) is 30.2 Å². The minimum Gasteiger partial charge on any atom is -0.427 e. The highest BCUT2D eigenvalue weighted by Crippen LogP contribution is 2.44. The number of nitrogens with two attached hydrogens (primary N) is 1. The van der Waals surface area contributed by atoms with Gasteiger partial charge in [-0.05, 0) is 37.8 Å². The summed E-state index contributed by atoms with van der Waals surface area (Å²) in [6, 6.07) is 2.95. The van der Waals surface area contributed by atoms with Crippen molar-refractivity contribution in [1.82, 2.24) is 35.1 Å². The molecule has 7 rings (SSSR count). The number of H-pyrrole nitrogens is 1. The maximum atomic E-state index is 15.2. The molecule has 4 aromatic rings. The SMILES string of the molecule is Cc1ncc(Oc2nc(N3C[C@H]4C[C@@H]3C[C@H]4N)c3c(n2)[nH]c2c(N(C)C(=O)OCOC(=O)CN4CCNCC4)cc(F)cc23)cn1. The van der Waals surface area contributed by atoms with Crippen LogP contribution in [0, 0.1) is 18.7 Å². The topological polar surface area (TPSA) is 177 Å². The third-order valence-electron chi connectivity index (χ3n) is 8.90. The van der Waals surface area contributed by atoms with Gasteiger partial charge in [-0.3, -0.25) is 14.6 Å². The minimum atomic E-state index is -0.832. The Morgan fingerprint density at radius 1 is 1.13 bits per heavy atom. The fraction of sp³-hybridized carbons (Fsp3) is 0.467. The Morgan fingerprint density at radius 2 is 1.91 bits per heavy atom. The molecule has 5 heterocycles. The molecular weight excluding hydrogens is 599 g/mol. The van der Waals surface area contributed by atoms with Gasteiger partial charge in [0.2, 0.25) is 6.79 Å². The Balaban J connectivity index is 1.18. The lowest BCUT2D eigenvalue weighted by molar-refractivity contribution is -0.153. The zero-order valence-corrected chi connectivity index (χ0v) is 25.5. The number of benzene rings is 1. The number of ether oxygens (including phenoxy) is 3. The maximum absolute atomic E-state index is 15.2. The van der Waals surface area contributed by atoms with Crippen LogP contribution in [0.25, 0.3) is 21.9 Å². The van der Waals surface area contributed by atoms with Gasteiger partial charge in [-0.25, -0.2) is 19.2 Å². The van der Waals surface area contributed by atoms with E-state index in [1.807, 2.05) is 4.90 Å². The molecule has 2 bridgehead atoms. The third kappa shape index (κ3) is 5.86. The predicted octanol–water partition coefficient (Wildman–Crippen LogP) is 2.05. The van der Waals surface area contributed by atoms with Gasteiger partial charge in [-0.15, -0.1) is 0 Å². The number of carbonyl (C=O) groups excluding carboxylic acids is 2.